The summed E-state index contributed by atoms with van der Waals surface area (Å²) in [5, 5.41) is 3.68. The topological polar surface area (TPSA) is 47.0 Å². The normalized spacial score (nSPS) is 12.1. The molecule has 0 fully saturated rings. The van der Waals surface area contributed by atoms with E-state index in [9.17, 15) is 0 Å². The fourth-order valence-electron chi connectivity index (χ4n) is 1.85. The fraction of sp³-hybridized carbons (Fsp3) is 0.333. The quantitative estimate of drug-likeness (QED) is 0.927. The third-order valence-corrected chi connectivity index (χ3v) is 3.50. The van der Waals surface area contributed by atoms with Gasteiger partial charge >= 0.3 is 0 Å². The minimum Gasteiger partial charge on any atom is -0.497 e. The average Bonchev–Trinajstić information content (AvgIpc) is 2.44. The lowest BCUT2D eigenvalue weighted by molar-refractivity contribution is 0.414. The number of hydrogen-bond acceptors (Lipinski definition) is 4. The predicted octanol–water partition coefficient (Wildman–Crippen LogP) is 3.93. The molecule has 1 N–H and O–H groups in total. The number of aromatic nitrogens is 2. The molecule has 0 amide bonds. The molecule has 4 nitrogen and oxygen atoms in total. The van der Waals surface area contributed by atoms with Crippen molar-refractivity contribution in [3.8, 4) is 5.75 Å². The van der Waals surface area contributed by atoms with Crippen molar-refractivity contribution in [2.45, 2.75) is 26.8 Å². The van der Waals surface area contributed by atoms with Crippen molar-refractivity contribution in [1.82, 2.24) is 9.97 Å². The molecule has 1 heterocycles. The molecule has 1 atom stereocenters. The zero-order valence-electron chi connectivity index (χ0n) is 12.1. The van der Waals surface area contributed by atoms with Gasteiger partial charge in [0, 0.05) is 0 Å². The van der Waals surface area contributed by atoms with E-state index < -0.39 is 0 Å². The van der Waals surface area contributed by atoms with Crippen LogP contribution in [0.25, 0.3) is 0 Å². The van der Waals surface area contributed by atoms with Crippen molar-refractivity contribution in [3.63, 3.8) is 0 Å². The van der Waals surface area contributed by atoms with E-state index >= 15 is 0 Å². The van der Waals surface area contributed by atoms with E-state index in [0.29, 0.717) is 11.0 Å². The fourth-order valence-corrected chi connectivity index (χ4v) is 2.07. The van der Waals surface area contributed by atoms with Gasteiger partial charge in [0.05, 0.1) is 24.5 Å². The third-order valence-electron chi connectivity index (χ3n) is 3.23. The average molecular weight is 292 g/mol. The van der Waals surface area contributed by atoms with Gasteiger partial charge in [-0.25, -0.2) is 9.97 Å². The highest BCUT2D eigenvalue weighted by Crippen LogP contribution is 2.25. The van der Waals surface area contributed by atoms with Gasteiger partial charge in [-0.2, -0.15) is 0 Å². The molecule has 0 bridgehead atoms. The Balaban J connectivity index is 2.18. The second kappa shape index (κ2) is 6.09. The number of aryl methyl sites for hydroxylation is 2. The van der Waals surface area contributed by atoms with Crippen LogP contribution >= 0.6 is 11.6 Å². The number of halogens is 1. The first-order valence-electron chi connectivity index (χ1n) is 6.42. The van der Waals surface area contributed by atoms with Crippen LogP contribution in [0, 0.1) is 13.8 Å². The number of anilines is 1. The Morgan fingerprint density at radius 2 is 1.70 bits per heavy atom. The number of nitrogens with one attached hydrogen (secondary N) is 1. The third kappa shape index (κ3) is 3.20. The number of methoxy groups -OCH3 is 1. The van der Waals surface area contributed by atoms with Crippen molar-refractivity contribution in [3.05, 3.63) is 46.4 Å². The van der Waals surface area contributed by atoms with Crippen LogP contribution in [0.5, 0.6) is 5.75 Å². The molecule has 0 aliphatic carbocycles. The van der Waals surface area contributed by atoms with Crippen molar-refractivity contribution >= 4 is 17.4 Å². The number of hydrogen-bond donors (Lipinski definition) is 1. The molecule has 20 heavy (non-hydrogen) atoms. The summed E-state index contributed by atoms with van der Waals surface area (Å²) in [7, 11) is 1.65. The van der Waals surface area contributed by atoms with E-state index in [4.69, 9.17) is 16.3 Å². The molecule has 0 saturated carbocycles. The first kappa shape index (κ1) is 14.6. The van der Waals surface area contributed by atoms with Gasteiger partial charge in [-0.1, -0.05) is 23.7 Å². The Morgan fingerprint density at radius 1 is 1.10 bits per heavy atom. The first-order chi connectivity index (χ1) is 9.51. The Morgan fingerprint density at radius 3 is 2.30 bits per heavy atom. The minimum absolute atomic E-state index is 0.0785. The molecule has 2 aromatic rings. The van der Waals surface area contributed by atoms with Gasteiger partial charge in [0.15, 0.2) is 11.0 Å². The van der Waals surface area contributed by atoms with Crippen LogP contribution in [0.2, 0.25) is 5.15 Å². The van der Waals surface area contributed by atoms with Gasteiger partial charge in [-0.3, -0.25) is 0 Å². The van der Waals surface area contributed by atoms with E-state index in [1.165, 1.54) is 0 Å². The Kier molecular flexibility index (Phi) is 4.45. The predicted molar refractivity (Wildman–Crippen MR) is 81.5 cm³/mol. The Bertz CT molecular complexity index is 599. The van der Waals surface area contributed by atoms with Crippen LogP contribution in [-0.4, -0.2) is 17.1 Å². The summed E-state index contributed by atoms with van der Waals surface area (Å²) in [6, 6.07) is 7.97. The molecule has 1 aromatic heterocycles. The molecule has 5 heteroatoms. The molecule has 0 saturated heterocycles. The van der Waals surface area contributed by atoms with Crippen molar-refractivity contribution in [1.29, 1.82) is 0 Å². The summed E-state index contributed by atoms with van der Waals surface area (Å²) >= 11 is 6.12. The molecule has 2 rings (SSSR count). The second-order valence-electron chi connectivity index (χ2n) is 4.67. The van der Waals surface area contributed by atoms with Crippen LogP contribution < -0.4 is 10.1 Å². The minimum atomic E-state index is 0.0785. The van der Waals surface area contributed by atoms with Crippen molar-refractivity contribution < 1.29 is 4.74 Å². The van der Waals surface area contributed by atoms with Gasteiger partial charge in [0.2, 0.25) is 0 Å². The van der Waals surface area contributed by atoms with Gasteiger partial charge < -0.3 is 10.1 Å². The highest BCUT2D eigenvalue weighted by atomic mass is 35.5. The van der Waals surface area contributed by atoms with E-state index in [0.717, 1.165) is 22.7 Å². The molecule has 0 radical (unpaired) electrons. The first-order valence-corrected chi connectivity index (χ1v) is 6.80. The number of rotatable bonds is 4. The van der Waals surface area contributed by atoms with E-state index in [1.807, 2.05) is 38.1 Å². The SMILES string of the molecule is COc1ccc(C(C)Nc2nc(C)c(C)nc2Cl)cc1. The smallest absolute Gasteiger partial charge is 0.171 e. The summed E-state index contributed by atoms with van der Waals surface area (Å²) in [6.45, 7) is 5.86. The maximum Gasteiger partial charge on any atom is 0.171 e. The monoisotopic (exact) mass is 291 g/mol. The summed E-state index contributed by atoms with van der Waals surface area (Å²) in [4.78, 5) is 8.71. The Labute approximate surface area is 124 Å². The van der Waals surface area contributed by atoms with Crippen LogP contribution in [0.4, 0.5) is 5.82 Å². The van der Waals surface area contributed by atoms with Gasteiger partial charge in [0.1, 0.15) is 5.75 Å². The molecular weight excluding hydrogens is 274 g/mol. The summed E-state index contributed by atoms with van der Waals surface area (Å²) in [5.41, 5.74) is 2.85. The van der Waals surface area contributed by atoms with Crippen molar-refractivity contribution in [2.75, 3.05) is 12.4 Å². The van der Waals surface area contributed by atoms with Crippen LogP contribution in [0.1, 0.15) is 29.9 Å². The molecule has 0 aliphatic rings. The van der Waals surface area contributed by atoms with E-state index in [-0.39, 0.29) is 6.04 Å². The maximum atomic E-state index is 6.12. The number of nitrogens with zero attached hydrogens (tertiary/aromatic N) is 2. The number of ether oxygens (including phenoxy) is 1. The second-order valence-corrected chi connectivity index (χ2v) is 5.03. The zero-order valence-corrected chi connectivity index (χ0v) is 12.8. The standard InChI is InChI=1S/C15H18ClN3O/c1-9-10(2)18-15(14(16)17-9)19-11(3)12-5-7-13(20-4)8-6-12/h5-8,11H,1-4H3,(H,18,19). The van der Waals surface area contributed by atoms with Crippen molar-refractivity contribution in [2.24, 2.45) is 0 Å². The lowest BCUT2D eigenvalue weighted by Gasteiger charge is -2.16. The molecule has 106 valence electrons. The molecule has 1 unspecified atom stereocenters. The largest absolute Gasteiger partial charge is 0.497 e. The highest BCUT2D eigenvalue weighted by molar-refractivity contribution is 6.31. The zero-order chi connectivity index (χ0) is 14.7. The Hall–Kier alpha value is -1.81. The van der Waals surface area contributed by atoms with Crippen LogP contribution in [0.15, 0.2) is 24.3 Å². The van der Waals surface area contributed by atoms with Gasteiger partial charge in [0.25, 0.3) is 0 Å². The maximum absolute atomic E-state index is 6.12. The summed E-state index contributed by atoms with van der Waals surface area (Å²) in [5.74, 6) is 1.45. The summed E-state index contributed by atoms with van der Waals surface area (Å²) in [6.07, 6.45) is 0. The van der Waals surface area contributed by atoms with E-state index in [1.54, 1.807) is 7.11 Å². The summed E-state index contributed by atoms with van der Waals surface area (Å²) < 4.78 is 5.15. The number of benzene rings is 1. The molecular formula is C15H18ClN3O. The molecule has 0 aliphatic heterocycles. The van der Waals surface area contributed by atoms with Gasteiger partial charge in [-0.05, 0) is 38.5 Å². The molecule has 1 aromatic carbocycles. The molecule has 0 spiro atoms. The van der Waals surface area contributed by atoms with E-state index in [2.05, 4.69) is 22.2 Å². The highest BCUT2D eigenvalue weighted by Gasteiger charge is 2.11. The lowest BCUT2D eigenvalue weighted by Crippen LogP contribution is -2.10. The van der Waals surface area contributed by atoms with Crippen LogP contribution in [0.3, 0.4) is 0 Å². The lowest BCUT2D eigenvalue weighted by atomic mass is 10.1. The van der Waals surface area contributed by atoms with Gasteiger partial charge in [-0.15, -0.1) is 0 Å². The van der Waals surface area contributed by atoms with Crippen LogP contribution in [-0.2, 0) is 0 Å².